The lowest BCUT2D eigenvalue weighted by molar-refractivity contribution is -0.138. The summed E-state index contributed by atoms with van der Waals surface area (Å²) in [4.78, 5) is 13.2. The van der Waals surface area contributed by atoms with Crippen LogP contribution in [-0.4, -0.2) is 39.5 Å². The number of hydrogen-bond acceptors (Lipinski definition) is 5. The first-order chi connectivity index (χ1) is 14.4. The third-order valence-electron chi connectivity index (χ3n) is 4.13. The van der Waals surface area contributed by atoms with Crippen LogP contribution in [0, 0.1) is 5.92 Å². The molecule has 0 aromatic heterocycles. The fraction of sp³-hybridized carbons (Fsp3) is 0.381. The number of methoxy groups -OCH3 is 1. The maximum atomic E-state index is 12.9. The van der Waals surface area contributed by atoms with Crippen LogP contribution in [0.25, 0.3) is 0 Å². The molecule has 1 amide bonds. The highest BCUT2D eigenvalue weighted by molar-refractivity contribution is 7.87. The predicted molar refractivity (Wildman–Crippen MR) is 108 cm³/mol. The molecule has 0 aliphatic carbocycles. The van der Waals surface area contributed by atoms with Crippen molar-refractivity contribution in [3.05, 3.63) is 59.7 Å². The molecule has 6 nitrogen and oxygen atoms in total. The molecule has 0 spiro atoms. The first kappa shape index (κ1) is 24.7. The molecular formula is C21H24F3NO5S. The average Bonchev–Trinajstić information content (AvgIpc) is 2.67. The van der Waals surface area contributed by atoms with E-state index in [0.29, 0.717) is 18.2 Å². The standard InChI is InChI=1S/C21H24F3NO5S/c1-15(2)12-25(20(26)14-29-3)13-16-6-4-8-18(10-16)30-31(27,28)19-9-5-7-17(11-19)21(22,23)24/h4-11,15H,12-14H2,1-3H3. The minimum Gasteiger partial charge on any atom is -0.379 e. The number of carbonyl (C=O) groups is 1. The quantitative estimate of drug-likeness (QED) is 0.528. The molecule has 0 aliphatic rings. The Morgan fingerprint density at radius 2 is 1.77 bits per heavy atom. The van der Waals surface area contributed by atoms with Gasteiger partial charge in [-0.05, 0) is 41.8 Å². The molecule has 2 aromatic carbocycles. The van der Waals surface area contributed by atoms with Gasteiger partial charge in [-0.2, -0.15) is 21.6 Å². The number of ether oxygens (including phenoxy) is 1. The van der Waals surface area contributed by atoms with E-state index in [0.717, 1.165) is 18.2 Å². The fourth-order valence-corrected chi connectivity index (χ4v) is 3.80. The van der Waals surface area contributed by atoms with E-state index in [1.165, 1.54) is 19.2 Å². The smallest absolute Gasteiger partial charge is 0.379 e. The van der Waals surface area contributed by atoms with Crippen LogP contribution in [0.15, 0.2) is 53.4 Å². The largest absolute Gasteiger partial charge is 0.416 e. The number of halogens is 3. The average molecular weight is 459 g/mol. The monoisotopic (exact) mass is 459 g/mol. The highest BCUT2D eigenvalue weighted by Crippen LogP contribution is 2.31. The van der Waals surface area contributed by atoms with Crippen LogP contribution >= 0.6 is 0 Å². The van der Waals surface area contributed by atoms with Gasteiger partial charge in [0.15, 0.2) is 0 Å². The Morgan fingerprint density at radius 1 is 1.10 bits per heavy atom. The van der Waals surface area contributed by atoms with E-state index in [4.69, 9.17) is 8.92 Å². The van der Waals surface area contributed by atoms with Crippen molar-refractivity contribution in [3.8, 4) is 5.75 Å². The normalized spacial score (nSPS) is 12.1. The molecule has 0 unspecified atom stereocenters. The third kappa shape index (κ3) is 7.25. The van der Waals surface area contributed by atoms with Gasteiger partial charge in [-0.25, -0.2) is 0 Å². The predicted octanol–water partition coefficient (Wildman–Crippen LogP) is 4.10. The fourth-order valence-electron chi connectivity index (χ4n) is 2.83. The molecule has 31 heavy (non-hydrogen) atoms. The summed E-state index contributed by atoms with van der Waals surface area (Å²) in [5, 5.41) is 0. The molecule has 2 aromatic rings. The first-order valence-electron chi connectivity index (χ1n) is 9.40. The van der Waals surface area contributed by atoms with Gasteiger partial charge in [-0.3, -0.25) is 4.79 Å². The van der Waals surface area contributed by atoms with Crippen LogP contribution in [0.3, 0.4) is 0 Å². The Bertz CT molecular complexity index is 1010. The van der Waals surface area contributed by atoms with Crippen molar-refractivity contribution >= 4 is 16.0 Å². The van der Waals surface area contributed by atoms with Gasteiger partial charge in [-0.15, -0.1) is 0 Å². The number of alkyl halides is 3. The van der Waals surface area contributed by atoms with Crippen LogP contribution in [0.2, 0.25) is 0 Å². The molecular weight excluding hydrogens is 435 g/mol. The van der Waals surface area contributed by atoms with E-state index in [-0.39, 0.29) is 30.7 Å². The van der Waals surface area contributed by atoms with E-state index < -0.39 is 26.8 Å². The van der Waals surface area contributed by atoms with Crippen LogP contribution < -0.4 is 4.18 Å². The number of rotatable bonds is 9. The Hall–Kier alpha value is -2.59. The van der Waals surface area contributed by atoms with Crippen molar-refractivity contribution in [1.82, 2.24) is 4.90 Å². The van der Waals surface area contributed by atoms with Crippen LogP contribution in [0.1, 0.15) is 25.0 Å². The number of amides is 1. The van der Waals surface area contributed by atoms with Crippen molar-refractivity contribution in [2.75, 3.05) is 20.3 Å². The van der Waals surface area contributed by atoms with Crippen LogP contribution in [-0.2, 0) is 32.4 Å². The summed E-state index contributed by atoms with van der Waals surface area (Å²) in [5.41, 5.74) is -0.492. The summed E-state index contributed by atoms with van der Waals surface area (Å²) >= 11 is 0. The Balaban J connectivity index is 2.24. The van der Waals surface area contributed by atoms with Gasteiger partial charge in [-0.1, -0.05) is 32.0 Å². The van der Waals surface area contributed by atoms with Crippen molar-refractivity contribution in [2.24, 2.45) is 5.92 Å². The van der Waals surface area contributed by atoms with Gasteiger partial charge in [0, 0.05) is 20.2 Å². The lowest BCUT2D eigenvalue weighted by Gasteiger charge is -2.24. The Labute approximate surface area is 179 Å². The van der Waals surface area contributed by atoms with Crippen LogP contribution in [0.5, 0.6) is 5.75 Å². The molecule has 0 fully saturated rings. The second kappa shape index (κ2) is 10.1. The molecule has 0 N–H and O–H groups in total. The first-order valence-corrected chi connectivity index (χ1v) is 10.8. The summed E-state index contributed by atoms with van der Waals surface area (Å²) in [6, 6.07) is 9.37. The zero-order chi connectivity index (χ0) is 23.2. The number of nitrogens with zero attached hydrogens (tertiary/aromatic N) is 1. The lowest BCUT2D eigenvalue weighted by atomic mass is 10.1. The molecule has 0 bridgehead atoms. The van der Waals surface area contributed by atoms with Crippen LogP contribution in [0.4, 0.5) is 13.2 Å². The zero-order valence-electron chi connectivity index (χ0n) is 17.3. The minimum atomic E-state index is -4.68. The second-order valence-corrected chi connectivity index (χ2v) is 8.86. The molecule has 0 heterocycles. The second-order valence-electron chi connectivity index (χ2n) is 7.31. The van der Waals surface area contributed by atoms with Crippen molar-refractivity contribution in [3.63, 3.8) is 0 Å². The summed E-state index contributed by atoms with van der Waals surface area (Å²) in [6.45, 7) is 4.48. The molecule has 0 aliphatic heterocycles. The third-order valence-corrected chi connectivity index (χ3v) is 5.38. The van der Waals surface area contributed by atoms with E-state index in [1.807, 2.05) is 13.8 Å². The summed E-state index contributed by atoms with van der Waals surface area (Å²) in [6.07, 6.45) is -4.68. The molecule has 170 valence electrons. The molecule has 0 radical (unpaired) electrons. The van der Waals surface area contributed by atoms with Crippen molar-refractivity contribution < 1.29 is 35.3 Å². The maximum absolute atomic E-state index is 12.9. The number of benzene rings is 2. The summed E-state index contributed by atoms with van der Waals surface area (Å²) in [5.74, 6) is -0.0979. The summed E-state index contributed by atoms with van der Waals surface area (Å²) < 4.78 is 73.6. The van der Waals surface area contributed by atoms with E-state index in [2.05, 4.69) is 0 Å². The van der Waals surface area contributed by atoms with Gasteiger partial charge in [0.2, 0.25) is 5.91 Å². The Morgan fingerprint density at radius 3 is 2.39 bits per heavy atom. The summed E-state index contributed by atoms with van der Waals surface area (Å²) in [7, 11) is -3.07. The van der Waals surface area contributed by atoms with Gasteiger partial charge in [0.25, 0.3) is 0 Å². The van der Waals surface area contributed by atoms with Gasteiger partial charge >= 0.3 is 16.3 Å². The zero-order valence-corrected chi connectivity index (χ0v) is 18.2. The van der Waals surface area contributed by atoms with Gasteiger partial charge in [0.05, 0.1) is 5.56 Å². The van der Waals surface area contributed by atoms with E-state index in [1.54, 1.807) is 17.0 Å². The van der Waals surface area contributed by atoms with E-state index in [9.17, 15) is 26.4 Å². The molecule has 0 saturated heterocycles. The molecule has 0 saturated carbocycles. The van der Waals surface area contributed by atoms with Crippen molar-refractivity contribution in [1.29, 1.82) is 0 Å². The number of carbonyl (C=O) groups excluding carboxylic acids is 1. The molecule has 10 heteroatoms. The van der Waals surface area contributed by atoms with Gasteiger partial charge in [0.1, 0.15) is 17.3 Å². The van der Waals surface area contributed by atoms with Gasteiger partial charge < -0.3 is 13.8 Å². The minimum absolute atomic E-state index is 0.0707. The Kier molecular flexibility index (Phi) is 8.08. The van der Waals surface area contributed by atoms with Crippen molar-refractivity contribution in [2.45, 2.75) is 31.5 Å². The highest BCUT2D eigenvalue weighted by atomic mass is 32.2. The maximum Gasteiger partial charge on any atom is 0.416 e. The SMILES string of the molecule is COCC(=O)N(Cc1cccc(OS(=O)(=O)c2cccc(C(F)(F)F)c2)c1)CC(C)C. The van der Waals surface area contributed by atoms with E-state index >= 15 is 0 Å². The topological polar surface area (TPSA) is 72.9 Å². The molecule has 2 rings (SSSR count). The lowest BCUT2D eigenvalue weighted by Crippen LogP contribution is -2.36. The molecule has 0 atom stereocenters. The number of hydrogen-bond donors (Lipinski definition) is 0. The highest BCUT2D eigenvalue weighted by Gasteiger charge is 2.32.